The van der Waals surface area contributed by atoms with Crippen LogP contribution in [0.4, 0.5) is 5.82 Å². The van der Waals surface area contributed by atoms with Gasteiger partial charge < -0.3 is 10.5 Å². The van der Waals surface area contributed by atoms with Crippen molar-refractivity contribution in [2.24, 2.45) is 0 Å². The van der Waals surface area contributed by atoms with Gasteiger partial charge >= 0.3 is 0 Å². The zero-order valence-corrected chi connectivity index (χ0v) is 10.2. The maximum Gasteiger partial charge on any atom is 0.138 e. The van der Waals surface area contributed by atoms with Crippen molar-refractivity contribution in [3.8, 4) is 5.75 Å². The third kappa shape index (κ3) is 2.88. The summed E-state index contributed by atoms with van der Waals surface area (Å²) in [7, 11) is 0. The second kappa shape index (κ2) is 5.06. The second-order valence-corrected chi connectivity index (χ2v) is 4.09. The molecule has 1 heterocycles. The van der Waals surface area contributed by atoms with Gasteiger partial charge in [0.15, 0.2) is 0 Å². The Labute approximate surface area is 105 Å². The zero-order chi connectivity index (χ0) is 12.3. The van der Waals surface area contributed by atoms with Gasteiger partial charge in [-0.3, -0.25) is 0 Å². The topological polar surface area (TPSA) is 48.1 Å². The summed E-state index contributed by atoms with van der Waals surface area (Å²) in [4.78, 5) is 4.21. The van der Waals surface area contributed by atoms with Crippen molar-refractivity contribution in [2.45, 2.75) is 13.0 Å². The van der Waals surface area contributed by atoms with Gasteiger partial charge in [-0.15, -0.1) is 0 Å². The van der Waals surface area contributed by atoms with Crippen molar-refractivity contribution in [3.05, 3.63) is 53.2 Å². The van der Waals surface area contributed by atoms with E-state index in [2.05, 4.69) is 4.98 Å². The fraction of sp³-hybridized carbons (Fsp3) is 0.154. The maximum absolute atomic E-state index is 6.02. The molecular weight excluding hydrogens is 236 g/mol. The Morgan fingerprint density at radius 3 is 2.65 bits per heavy atom. The molecule has 0 saturated carbocycles. The Kier molecular flexibility index (Phi) is 3.49. The lowest BCUT2D eigenvalue weighted by molar-refractivity contribution is 0.222. The Bertz CT molecular complexity index is 516. The molecule has 0 radical (unpaired) electrons. The van der Waals surface area contributed by atoms with Crippen LogP contribution in [0.1, 0.15) is 18.7 Å². The average molecular weight is 249 g/mol. The van der Waals surface area contributed by atoms with Crippen molar-refractivity contribution in [1.82, 2.24) is 4.98 Å². The van der Waals surface area contributed by atoms with Crippen LogP contribution in [0.15, 0.2) is 42.5 Å². The molecule has 0 spiro atoms. The van der Waals surface area contributed by atoms with Gasteiger partial charge in [-0.2, -0.15) is 0 Å². The maximum atomic E-state index is 6.02. The minimum Gasteiger partial charge on any atom is -0.483 e. The van der Waals surface area contributed by atoms with Gasteiger partial charge in [0.2, 0.25) is 0 Å². The first kappa shape index (κ1) is 11.7. The molecule has 88 valence electrons. The molecule has 0 aliphatic carbocycles. The predicted molar refractivity (Wildman–Crippen MR) is 69.1 cm³/mol. The number of halogens is 1. The Morgan fingerprint density at radius 2 is 1.94 bits per heavy atom. The molecule has 0 fully saturated rings. The van der Waals surface area contributed by atoms with E-state index < -0.39 is 0 Å². The number of hydrogen-bond donors (Lipinski definition) is 1. The number of pyridine rings is 1. The largest absolute Gasteiger partial charge is 0.483 e. The number of nitrogen functional groups attached to an aromatic ring is 1. The quantitative estimate of drug-likeness (QED) is 0.905. The monoisotopic (exact) mass is 248 g/mol. The molecule has 2 N–H and O–H groups in total. The van der Waals surface area contributed by atoms with Crippen LogP contribution in [0, 0.1) is 0 Å². The predicted octanol–water partition coefficient (Wildman–Crippen LogP) is 3.46. The summed E-state index contributed by atoms with van der Waals surface area (Å²) < 4.78 is 5.74. The summed E-state index contributed by atoms with van der Waals surface area (Å²) in [5, 5.41) is 0.586. The van der Waals surface area contributed by atoms with Crippen LogP contribution >= 0.6 is 11.6 Å². The first-order chi connectivity index (χ1) is 8.16. The number of aromatic nitrogens is 1. The summed E-state index contributed by atoms with van der Waals surface area (Å²) >= 11 is 6.02. The van der Waals surface area contributed by atoms with E-state index in [0.29, 0.717) is 16.6 Å². The van der Waals surface area contributed by atoms with Crippen LogP contribution in [0.3, 0.4) is 0 Å². The van der Waals surface area contributed by atoms with E-state index in [9.17, 15) is 0 Å². The fourth-order valence-electron chi connectivity index (χ4n) is 1.49. The lowest BCUT2D eigenvalue weighted by Gasteiger charge is -2.15. The lowest BCUT2D eigenvalue weighted by Crippen LogP contribution is -2.06. The number of benzene rings is 1. The molecule has 3 nitrogen and oxygen atoms in total. The van der Waals surface area contributed by atoms with E-state index in [1.54, 1.807) is 12.1 Å². The second-order valence-electron chi connectivity index (χ2n) is 3.68. The van der Waals surface area contributed by atoms with E-state index in [0.717, 1.165) is 5.69 Å². The number of nitrogens with zero attached hydrogens (tertiary/aromatic N) is 1. The van der Waals surface area contributed by atoms with E-state index in [1.165, 1.54) is 0 Å². The highest BCUT2D eigenvalue weighted by Crippen LogP contribution is 2.28. The van der Waals surface area contributed by atoms with Crippen LogP contribution in [0.2, 0.25) is 5.02 Å². The summed E-state index contributed by atoms with van der Waals surface area (Å²) in [6.07, 6.45) is -0.196. The minimum atomic E-state index is -0.196. The summed E-state index contributed by atoms with van der Waals surface area (Å²) in [5.41, 5.74) is 6.41. The fourth-order valence-corrected chi connectivity index (χ4v) is 1.67. The molecule has 0 aliphatic rings. The van der Waals surface area contributed by atoms with Crippen LogP contribution in [-0.4, -0.2) is 4.98 Å². The van der Waals surface area contributed by atoms with Crippen molar-refractivity contribution in [2.75, 3.05) is 5.73 Å². The molecule has 1 aromatic carbocycles. The van der Waals surface area contributed by atoms with E-state index >= 15 is 0 Å². The standard InChI is InChI=1S/C13H13ClN2O/c1-9(11-6-4-8-13(15)16-11)17-12-7-3-2-5-10(12)14/h2-9H,1H3,(H2,15,16). The van der Waals surface area contributed by atoms with Gasteiger partial charge in [0.05, 0.1) is 10.7 Å². The molecule has 1 unspecified atom stereocenters. The van der Waals surface area contributed by atoms with Gasteiger partial charge in [-0.1, -0.05) is 29.8 Å². The lowest BCUT2D eigenvalue weighted by atomic mass is 10.2. The Morgan fingerprint density at radius 1 is 1.18 bits per heavy atom. The highest BCUT2D eigenvalue weighted by atomic mass is 35.5. The van der Waals surface area contributed by atoms with Crippen molar-refractivity contribution in [1.29, 1.82) is 0 Å². The van der Waals surface area contributed by atoms with Gasteiger partial charge in [0, 0.05) is 0 Å². The van der Waals surface area contributed by atoms with Crippen LogP contribution in [-0.2, 0) is 0 Å². The smallest absolute Gasteiger partial charge is 0.138 e. The first-order valence-electron chi connectivity index (χ1n) is 5.30. The molecule has 1 atom stereocenters. The molecular formula is C13H13ClN2O. The number of rotatable bonds is 3. The van der Waals surface area contributed by atoms with E-state index in [-0.39, 0.29) is 6.10 Å². The Hall–Kier alpha value is -1.74. The minimum absolute atomic E-state index is 0.196. The number of nitrogens with two attached hydrogens (primary N) is 1. The molecule has 2 aromatic rings. The first-order valence-corrected chi connectivity index (χ1v) is 5.68. The average Bonchev–Trinajstić information content (AvgIpc) is 2.32. The molecule has 0 bridgehead atoms. The molecule has 2 rings (SSSR count). The highest BCUT2D eigenvalue weighted by molar-refractivity contribution is 6.32. The molecule has 17 heavy (non-hydrogen) atoms. The SMILES string of the molecule is CC(Oc1ccccc1Cl)c1cccc(N)n1. The number of ether oxygens (including phenoxy) is 1. The molecule has 0 saturated heterocycles. The van der Waals surface area contributed by atoms with Crippen molar-refractivity contribution >= 4 is 17.4 Å². The number of para-hydroxylation sites is 1. The van der Waals surface area contributed by atoms with Gasteiger partial charge in [-0.05, 0) is 31.2 Å². The van der Waals surface area contributed by atoms with Crippen molar-refractivity contribution in [3.63, 3.8) is 0 Å². The van der Waals surface area contributed by atoms with E-state index in [4.69, 9.17) is 22.1 Å². The summed E-state index contributed by atoms with van der Waals surface area (Å²) in [5.74, 6) is 1.13. The molecule has 4 heteroatoms. The third-order valence-electron chi connectivity index (χ3n) is 2.35. The molecule has 0 aliphatic heterocycles. The van der Waals surface area contributed by atoms with Gasteiger partial charge in [0.25, 0.3) is 0 Å². The van der Waals surface area contributed by atoms with Gasteiger partial charge in [0.1, 0.15) is 17.7 Å². The zero-order valence-electron chi connectivity index (χ0n) is 9.43. The van der Waals surface area contributed by atoms with Gasteiger partial charge in [-0.25, -0.2) is 4.98 Å². The van der Waals surface area contributed by atoms with Crippen LogP contribution in [0.5, 0.6) is 5.75 Å². The summed E-state index contributed by atoms with van der Waals surface area (Å²) in [6, 6.07) is 12.8. The number of hydrogen-bond acceptors (Lipinski definition) is 3. The van der Waals surface area contributed by atoms with Crippen molar-refractivity contribution < 1.29 is 4.74 Å². The summed E-state index contributed by atoms with van der Waals surface area (Å²) in [6.45, 7) is 1.91. The molecule has 0 amide bonds. The molecule has 1 aromatic heterocycles. The van der Waals surface area contributed by atoms with Crippen LogP contribution in [0.25, 0.3) is 0 Å². The highest BCUT2D eigenvalue weighted by Gasteiger charge is 2.10. The Balaban J connectivity index is 2.17. The van der Waals surface area contributed by atoms with Crippen LogP contribution < -0.4 is 10.5 Å². The number of anilines is 1. The normalized spacial score (nSPS) is 12.1. The van der Waals surface area contributed by atoms with E-state index in [1.807, 2.05) is 37.3 Å². The third-order valence-corrected chi connectivity index (χ3v) is 2.66.